The lowest BCUT2D eigenvalue weighted by atomic mass is 10.2. The van der Waals surface area contributed by atoms with Crippen LogP contribution in [0.1, 0.15) is 0 Å². The molecular weight excluding hydrogens is 184 g/mol. The van der Waals surface area contributed by atoms with E-state index in [1.165, 1.54) is 0 Å². The number of fused-ring (bicyclic) bond motifs is 3. The topological polar surface area (TPSA) is 51.6 Å². The van der Waals surface area contributed by atoms with E-state index in [0.29, 0.717) is 0 Å². The Morgan fingerprint density at radius 3 is 3.08 bits per heavy atom. The first-order valence-corrected chi connectivity index (χ1v) is 4.63. The molecule has 0 aliphatic carbocycles. The van der Waals surface area contributed by atoms with Crippen molar-refractivity contribution in [1.82, 2.24) is 20.4 Å². The normalized spacial score (nSPS) is 11.1. The van der Waals surface area contributed by atoms with Gasteiger partial charge in [0, 0.05) is 5.39 Å². The molecule has 4 nitrogen and oxygen atoms in total. The molecule has 0 N–H and O–H groups in total. The van der Waals surface area contributed by atoms with E-state index in [-0.39, 0.29) is 0 Å². The Hall–Kier alpha value is -1.62. The van der Waals surface area contributed by atoms with Crippen LogP contribution in [0.2, 0.25) is 0 Å². The molecule has 62 valence electrons. The molecule has 5 heteroatoms. The second-order valence-electron chi connectivity index (χ2n) is 2.63. The van der Waals surface area contributed by atoms with Gasteiger partial charge in [0.15, 0.2) is 0 Å². The number of rotatable bonds is 0. The Balaban J connectivity index is 2.65. The van der Waals surface area contributed by atoms with E-state index in [4.69, 9.17) is 0 Å². The van der Waals surface area contributed by atoms with Gasteiger partial charge in [0.2, 0.25) is 0 Å². The van der Waals surface area contributed by atoms with Gasteiger partial charge >= 0.3 is 0 Å². The summed E-state index contributed by atoms with van der Waals surface area (Å²) in [5.41, 5.74) is 3.68. The molecule has 0 amide bonds. The zero-order chi connectivity index (χ0) is 8.67. The minimum absolute atomic E-state index is 0.867. The van der Waals surface area contributed by atoms with Crippen molar-refractivity contribution >= 4 is 32.5 Å². The van der Waals surface area contributed by atoms with Gasteiger partial charge in [-0.25, -0.2) is 4.98 Å². The summed E-state index contributed by atoms with van der Waals surface area (Å²) in [6, 6.07) is 3.86. The molecule has 3 rings (SSSR count). The molecule has 2 heterocycles. The fourth-order valence-electron chi connectivity index (χ4n) is 1.31. The van der Waals surface area contributed by atoms with Gasteiger partial charge in [0.25, 0.3) is 0 Å². The summed E-state index contributed by atoms with van der Waals surface area (Å²) in [7, 11) is 0. The average molecular weight is 188 g/mol. The molecule has 0 aliphatic heterocycles. The maximum Gasteiger partial charge on any atom is 0.0979 e. The summed E-state index contributed by atoms with van der Waals surface area (Å²) < 4.78 is 1.12. The Morgan fingerprint density at radius 2 is 2.08 bits per heavy atom. The highest BCUT2D eigenvalue weighted by Crippen LogP contribution is 2.25. The molecule has 0 saturated carbocycles. The van der Waals surface area contributed by atoms with Gasteiger partial charge in [-0.05, 0) is 17.3 Å². The first kappa shape index (κ1) is 6.85. The molecule has 0 bridgehead atoms. The van der Waals surface area contributed by atoms with Gasteiger partial charge in [-0.3, -0.25) is 0 Å². The van der Waals surface area contributed by atoms with Crippen LogP contribution in [-0.4, -0.2) is 20.4 Å². The molecule has 0 spiro atoms. The van der Waals surface area contributed by atoms with E-state index in [1.807, 2.05) is 17.6 Å². The van der Waals surface area contributed by atoms with Crippen LogP contribution < -0.4 is 0 Å². The lowest BCUT2D eigenvalue weighted by Crippen LogP contribution is -1.86. The van der Waals surface area contributed by atoms with Gasteiger partial charge in [0.1, 0.15) is 0 Å². The fraction of sp³-hybridized carbons (Fsp3) is 0. The minimum atomic E-state index is 0.867. The van der Waals surface area contributed by atoms with E-state index < -0.39 is 0 Å². The van der Waals surface area contributed by atoms with Gasteiger partial charge in [-0.1, -0.05) is 0 Å². The van der Waals surface area contributed by atoms with Crippen LogP contribution in [0.15, 0.2) is 23.8 Å². The van der Waals surface area contributed by atoms with Gasteiger partial charge in [0.05, 0.1) is 27.4 Å². The highest BCUT2D eigenvalue weighted by molar-refractivity contribution is 7.17. The summed E-state index contributed by atoms with van der Waals surface area (Å²) in [4.78, 5) is 4.21. The highest BCUT2D eigenvalue weighted by atomic mass is 32.1. The molecule has 2 aromatic heterocycles. The van der Waals surface area contributed by atoms with Crippen molar-refractivity contribution in [2.24, 2.45) is 0 Å². The quantitative estimate of drug-likeness (QED) is 0.538. The summed E-state index contributed by atoms with van der Waals surface area (Å²) in [6.45, 7) is 0. The molecule has 0 atom stereocenters. The summed E-state index contributed by atoms with van der Waals surface area (Å²) in [6.07, 6.45) is 1.73. The molecule has 0 radical (unpaired) electrons. The third-order valence-electron chi connectivity index (χ3n) is 1.91. The lowest BCUT2D eigenvalue weighted by Gasteiger charge is -1.93. The number of hydrogen-bond acceptors (Lipinski definition) is 5. The third kappa shape index (κ3) is 0.905. The monoisotopic (exact) mass is 188 g/mol. The zero-order valence-corrected chi connectivity index (χ0v) is 7.32. The number of aromatic nitrogens is 4. The predicted molar refractivity (Wildman–Crippen MR) is 50.5 cm³/mol. The molecule has 3 aromatic rings. The van der Waals surface area contributed by atoms with E-state index in [2.05, 4.69) is 20.4 Å². The van der Waals surface area contributed by atoms with Crippen LogP contribution in [0, 0.1) is 0 Å². The molecule has 1 aromatic carbocycles. The number of benzene rings is 1. The van der Waals surface area contributed by atoms with Crippen molar-refractivity contribution in [3.05, 3.63) is 23.8 Å². The summed E-state index contributed by atoms with van der Waals surface area (Å²) in [5.74, 6) is 0. The largest absolute Gasteiger partial charge is 0.245 e. The summed E-state index contributed by atoms with van der Waals surface area (Å²) >= 11 is 1.60. The van der Waals surface area contributed by atoms with Crippen LogP contribution in [0.4, 0.5) is 0 Å². The van der Waals surface area contributed by atoms with E-state index in [0.717, 1.165) is 21.1 Å². The van der Waals surface area contributed by atoms with Crippen molar-refractivity contribution in [3.8, 4) is 0 Å². The van der Waals surface area contributed by atoms with Crippen molar-refractivity contribution in [2.75, 3.05) is 0 Å². The van der Waals surface area contributed by atoms with E-state index in [1.54, 1.807) is 17.5 Å². The second kappa shape index (κ2) is 2.43. The number of nitrogens with zero attached hydrogens (tertiary/aromatic N) is 4. The van der Waals surface area contributed by atoms with Crippen LogP contribution in [0.25, 0.3) is 21.1 Å². The smallest absolute Gasteiger partial charge is 0.0979 e. The Labute approximate surface area is 77.3 Å². The molecule has 0 saturated heterocycles. The molecule has 0 aliphatic rings. The van der Waals surface area contributed by atoms with Gasteiger partial charge in [-0.15, -0.1) is 21.5 Å². The van der Waals surface area contributed by atoms with Crippen molar-refractivity contribution in [3.63, 3.8) is 0 Å². The number of hydrogen-bond donors (Lipinski definition) is 0. The van der Waals surface area contributed by atoms with E-state index >= 15 is 0 Å². The SMILES string of the molecule is c1nc2ccc3nnncc3c2s1. The fourth-order valence-corrected chi connectivity index (χ4v) is 2.11. The van der Waals surface area contributed by atoms with Crippen LogP contribution >= 0.6 is 11.3 Å². The Bertz CT molecular complexity index is 574. The second-order valence-corrected chi connectivity index (χ2v) is 3.49. The molecule has 13 heavy (non-hydrogen) atoms. The van der Waals surface area contributed by atoms with Crippen LogP contribution in [0.3, 0.4) is 0 Å². The first-order valence-electron chi connectivity index (χ1n) is 3.75. The molecule has 0 unspecified atom stereocenters. The maximum absolute atomic E-state index is 4.21. The standard InChI is InChI=1S/C8H4N4S/c1-2-7-8(13-4-9-7)5-3-10-12-11-6(1)5/h1-4H. The zero-order valence-electron chi connectivity index (χ0n) is 6.51. The third-order valence-corrected chi connectivity index (χ3v) is 2.78. The van der Waals surface area contributed by atoms with Crippen molar-refractivity contribution in [1.29, 1.82) is 0 Å². The molecule has 0 fully saturated rings. The van der Waals surface area contributed by atoms with Gasteiger partial charge < -0.3 is 0 Å². The number of thiazole rings is 1. The summed E-state index contributed by atoms with van der Waals surface area (Å²) in [5, 5.41) is 12.3. The predicted octanol–water partition coefficient (Wildman–Crippen LogP) is 1.63. The highest BCUT2D eigenvalue weighted by Gasteiger charge is 2.02. The first-order chi connectivity index (χ1) is 6.45. The Morgan fingerprint density at radius 1 is 1.15 bits per heavy atom. The maximum atomic E-state index is 4.21. The molecular formula is C8H4N4S. The van der Waals surface area contributed by atoms with Crippen LogP contribution in [-0.2, 0) is 0 Å². The van der Waals surface area contributed by atoms with Crippen LogP contribution in [0.5, 0.6) is 0 Å². The van der Waals surface area contributed by atoms with Crippen molar-refractivity contribution in [2.45, 2.75) is 0 Å². The van der Waals surface area contributed by atoms with Gasteiger partial charge in [-0.2, -0.15) is 0 Å². The Kier molecular flexibility index (Phi) is 1.28. The lowest BCUT2D eigenvalue weighted by molar-refractivity contribution is 0.896. The van der Waals surface area contributed by atoms with Crippen molar-refractivity contribution < 1.29 is 0 Å². The average Bonchev–Trinajstić information content (AvgIpc) is 2.65. The van der Waals surface area contributed by atoms with E-state index in [9.17, 15) is 0 Å². The minimum Gasteiger partial charge on any atom is -0.245 e.